The van der Waals surface area contributed by atoms with Crippen LogP contribution in [0.5, 0.6) is 0 Å². The number of aryl methyl sites for hydroxylation is 1. The number of para-hydroxylation sites is 1. The fourth-order valence-corrected chi connectivity index (χ4v) is 2.68. The van der Waals surface area contributed by atoms with Gasteiger partial charge in [-0.2, -0.15) is 0 Å². The fraction of sp³-hybridized carbons (Fsp3) is 0.182. The van der Waals surface area contributed by atoms with Gasteiger partial charge >= 0.3 is 0 Å². The number of halogens is 1. The van der Waals surface area contributed by atoms with Gasteiger partial charge in [0.25, 0.3) is 0 Å². The number of rotatable bonds is 4. The van der Waals surface area contributed by atoms with Gasteiger partial charge in [-0.1, -0.05) is 6.07 Å². The van der Waals surface area contributed by atoms with Gasteiger partial charge in [-0.15, -0.1) is 0 Å². The van der Waals surface area contributed by atoms with Crippen molar-refractivity contribution >= 4 is 15.7 Å². The number of hydrogen-bond donors (Lipinski definition) is 2. The van der Waals surface area contributed by atoms with Gasteiger partial charge in [0.1, 0.15) is 16.5 Å². The van der Waals surface area contributed by atoms with Gasteiger partial charge < -0.3 is 10.3 Å². The van der Waals surface area contributed by atoms with E-state index in [1.54, 1.807) is 24.0 Å². The molecule has 0 bridgehead atoms. The van der Waals surface area contributed by atoms with Crippen molar-refractivity contribution in [3.8, 4) is 0 Å². The lowest BCUT2D eigenvalue weighted by Gasteiger charge is -2.09. The maximum absolute atomic E-state index is 13.3. The molecule has 1 heterocycles. The molecule has 0 amide bonds. The third-order valence-electron chi connectivity index (χ3n) is 2.64. The Kier molecular flexibility index (Phi) is 3.54. The van der Waals surface area contributed by atoms with Gasteiger partial charge in [-0.05, 0) is 12.1 Å². The van der Waals surface area contributed by atoms with Crippen LogP contribution in [-0.2, 0) is 23.6 Å². The van der Waals surface area contributed by atoms with Crippen molar-refractivity contribution in [1.29, 1.82) is 0 Å². The van der Waals surface area contributed by atoms with Crippen LogP contribution in [0, 0.1) is 5.82 Å². The molecule has 0 radical (unpaired) electrons. The van der Waals surface area contributed by atoms with Gasteiger partial charge in [-0.3, -0.25) is 0 Å². The summed E-state index contributed by atoms with van der Waals surface area (Å²) < 4.78 is 41.3. The first-order chi connectivity index (χ1) is 8.92. The zero-order valence-electron chi connectivity index (χ0n) is 10.2. The van der Waals surface area contributed by atoms with Gasteiger partial charge in [-0.25, -0.2) is 22.5 Å². The molecule has 0 atom stereocenters. The first-order valence-corrected chi connectivity index (χ1v) is 6.90. The monoisotopic (exact) mass is 284 g/mol. The second-order valence-electron chi connectivity index (χ2n) is 3.93. The van der Waals surface area contributed by atoms with Crippen molar-refractivity contribution in [3.63, 3.8) is 0 Å². The van der Waals surface area contributed by atoms with E-state index in [1.165, 1.54) is 12.1 Å². The molecule has 0 aliphatic carbocycles. The van der Waals surface area contributed by atoms with E-state index in [0.717, 1.165) is 6.07 Å². The van der Waals surface area contributed by atoms with Crippen molar-refractivity contribution in [2.24, 2.45) is 7.05 Å². The molecule has 2 aromatic rings. The molecule has 0 spiro atoms. The SMILES string of the molecule is Cn1ccnc1CNS(=O)(=O)c1cccc(F)c1N. The Bertz CT molecular complexity index is 696. The minimum atomic E-state index is -3.87. The number of benzene rings is 1. The molecule has 0 saturated heterocycles. The molecule has 1 aromatic carbocycles. The molecule has 0 aliphatic heterocycles. The molecule has 2 rings (SSSR count). The summed E-state index contributed by atoms with van der Waals surface area (Å²) in [7, 11) is -2.13. The highest BCUT2D eigenvalue weighted by Gasteiger charge is 2.19. The van der Waals surface area contributed by atoms with Crippen LogP contribution in [-0.4, -0.2) is 18.0 Å². The van der Waals surface area contributed by atoms with E-state index < -0.39 is 21.5 Å². The lowest BCUT2D eigenvalue weighted by molar-refractivity contribution is 0.575. The number of nitrogens with two attached hydrogens (primary N) is 1. The largest absolute Gasteiger partial charge is 0.395 e. The van der Waals surface area contributed by atoms with Crippen molar-refractivity contribution in [1.82, 2.24) is 14.3 Å². The van der Waals surface area contributed by atoms with Crippen molar-refractivity contribution in [2.75, 3.05) is 5.73 Å². The Morgan fingerprint density at radius 2 is 2.21 bits per heavy atom. The second-order valence-corrected chi connectivity index (χ2v) is 5.67. The Morgan fingerprint density at radius 1 is 1.47 bits per heavy atom. The Balaban J connectivity index is 2.24. The highest BCUT2D eigenvalue weighted by Crippen LogP contribution is 2.20. The summed E-state index contributed by atoms with van der Waals surface area (Å²) in [5.74, 6) is -0.224. The number of aromatic nitrogens is 2. The van der Waals surface area contributed by atoms with Gasteiger partial charge in [0, 0.05) is 19.4 Å². The molecule has 6 nitrogen and oxygen atoms in total. The minimum Gasteiger partial charge on any atom is -0.395 e. The Labute approximate surface area is 110 Å². The standard InChI is InChI=1S/C11H13FN4O2S/c1-16-6-5-14-10(16)7-15-19(17,18)9-4-2-3-8(12)11(9)13/h2-6,15H,7,13H2,1H3. The molecular formula is C11H13FN4O2S. The van der Waals surface area contributed by atoms with Crippen LogP contribution >= 0.6 is 0 Å². The number of anilines is 1. The zero-order valence-corrected chi connectivity index (χ0v) is 11.0. The molecular weight excluding hydrogens is 271 g/mol. The summed E-state index contributed by atoms with van der Waals surface area (Å²) >= 11 is 0. The minimum absolute atomic E-state index is 0.00177. The smallest absolute Gasteiger partial charge is 0.243 e. The first kappa shape index (κ1) is 13.5. The maximum atomic E-state index is 13.3. The third kappa shape index (κ3) is 2.74. The second kappa shape index (κ2) is 4.98. The van der Waals surface area contributed by atoms with Gasteiger partial charge in [0.15, 0.2) is 0 Å². The Hall–Kier alpha value is -1.93. The molecule has 0 saturated carbocycles. The lowest BCUT2D eigenvalue weighted by Crippen LogP contribution is -2.25. The van der Waals surface area contributed by atoms with Crippen LogP contribution in [0.15, 0.2) is 35.5 Å². The number of imidazole rings is 1. The number of sulfonamides is 1. The molecule has 0 unspecified atom stereocenters. The summed E-state index contributed by atoms with van der Waals surface area (Å²) in [6.07, 6.45) is 3.25. The number of nitrogen functional groups attached to an aromatic ring is 1. The molecule has 0 aliphatic rings. The van der Waals surface area contributed by atoms with E-state index in [2.05, 4.69) is 9.71 Å². The predicted molar refractivity (Wildman–Crippen MR) is 68.0 cm³/mol. The van der Waals surface area contributed by atoms with Crippen LogP contribution < -0.4 is 10.5 Å². The summed E-state index contributed by atoms with van der Waals surface area (Å²) in [6.45, 7) is 0.00177. The van der Waals surface area contributed by atoms with E-state index in [4.69, 9.17) is 5.73 Å². The van der Waals surface area contributed by atoms with E-state index in [9.17, 15) is 12.8 Å². The highest BCUT2D eigenvalue weighted by molar-refractivity contribution is 7.89. The van der Waals surface area contributed by atoms with E-state index in [1.807, 2.05) is 0 Å². The van der Waals surface area contributed by atoms with Crippen molar-refractivity contribution in [2.45, 2.75) is 11.4 Å². The van der Waals surface area contributed by atoms with Crippen LogP contribution in [0.1, 0.15) is 5.82 Å². The molecule has 8 heteroatoms. The van der Waals surface area contributed by atoms with Crippen LogP contribution in [0.3, 0.4) is 0 Å². The topological polar surface area (TPSA) is 90.0 Å². The summed E-state index contributed by atoms with van der Waals surface area (Å²) in [5.41, 5.74) is 5.04. The average molecular weight is 284 g/mol. The van der Waals surface area contributed by atoms with Crippen LogP contribution in [0.2, 0.25) is 0 Å². The van der Waals surface area contributed by atoms with Crippen molar-refractivity contribution in [3.05, 3.63) is 42.2 Å². The molecule has 0 fully saturated rings. The van der Waals surface area contributed by atoms with Crippen LogP contribution in [0.25, 0.3) is 0 Å². The maximum Gasteiger partial charge on any atom is 0.243 e. The lowest BCUT2D eigenvalue weighted by atomic mass is 10.3. The summed E-state index contributed by atoms with van der Waals surface area (Å²) in [6, 6.07) is 3.65. The Morgan fingerprint density at radius 3 is 2.84 bits per heavy atom. The van der Waals surface area contributed by atoms with E-state index in [-0.39, 0.29) is 11.4 Å². The van der Waals surface area contributed by atoms with Gasteiger partial charge in [0.05, 0.1) is 12.2 Å². The molecule has 3 N–H and O–H groups in total. The average Bonchev–Trinajstić information content (AvgIpc) is 2.76. The van der Waals surface area contributed by atoms with Gasteiger partial charge in [0.2, 0.25) is 10.0 Å². The molecule has 19 heavy (non-hydrogen) atoms. The highest BCUT2D eigenvalue weighted by atomic mass is 32.2. The predicted octanol–water partition coefficient (Wildman–Crippen LogP) is 0.620. The fourth-order valence-electron chi connectivity index (χ4n) is 1.56. The van der Waals surface area contributed by atoms with E-state index >= 15 is 0 Å². The zero-order chi connectivity index (χ0) is 14.0. The normalized spacial score (nSPS) is 11.7. The molecule has 102 valence electrons. The molecule has 1 aromatic heterocycles. The summed E-state index contributed by atoms with van der Waals surface area (Å²) in [4.78, 5) is 3.71. The quantitative estimate of drug-likeness (QED) is 0.805. The van der Waals surface area contributed by atoms with Crippen molar-refractivity contribution < 1.29 is 12.8 Å². The summed E-state index contributed by atoms with van der Waals surface area (Å²) in [5, 5.41) is 0. The third-order valence-corrected chi connectivity index (χ3v) is 4.10. The van der Waals surface area contributed by atoms with Crippen LogP contribution in [0.4, 0.5) is 10.1 Å². The number of nitrogens with one attached hydrogen (secondary N) is 1. The number of hydrogen-bond acceptors (Lipinski definition) is 4. The van der Waals surface area contributed by atoms with E-state index in [0.29, 0.717) is 5.82 Å². The first-order valence-electron chi connectivity index (χ1n) is 5.41. The number of nitrogens with zero attached hydrogens (tertiary/aromatic N) is 2.